The molecule has 1 aromatic heterocycles. The lowest BCUT2D eigenvalue weighted by Gasteiger charge is -2.06. The summed E-state index contributed by atoms with van der Waals surface area (Å²) in [5, 5.41) is 4.28. The lowest BCUT2D eigenvalue weighted by molar-refractivity contribution is 0.1000. The summed E-state index contributed by atoms with van der Waals surface area (Å²) >= 11 is 0. The second kappa shape index (κ2) is 7.51. The summed E-state index contributed by atoms with van der Waals surface area (Å²) < 4.78 is 28.8. The van der Waals surface area contributed by atoms with Crippen LogP contribution in [0.5, 0.6) is 0 Å². The van der Waals surface area contributed by atoms with Gasteiger partial charge in [0.15, 0.2) is 0 Å². The van der Waals surface area contributed by atoms with E-state index in [4.69, 9.17) is 5.73 Å². The summed E-state index contributed by atoms with van der Waals surface area (Å²) in [7, 11) is -3.65. The monoisotopic (exact) mass is 370 g/mol. The fourth-order valence-corrected chi connectivity index (χ4v) is 3.45. The highest BCUT2D eigenvalue weighted by Gasteiger charge is 2.14. The zero-order chi connectivity index (χ0) is 18.6. The molecule has 3 rings (SSSR count). The molecule has 3 N–H and O–H groups in total. The molecule has 2 aromatic carbocycles. The van der Waals surface area contributed by atoms with Gasteiger partial charge < -0.3 is 5.73 Å². The van der Waals surface area contributed by atoms with Crippen LogP contribution in [-0.4, -0.2) is 30.7 Å². The highest BCUT2D eigenvalue weighted by atomic mass is 32.2. The average molecular weight is 370 g/mol. The van der Waals surface area contributed by atoms with Crippen LogP contribution >= 0.6 is 0 Å². The molecule has 0 radical (unpaired) electrons. The summed E-state index contributed by atoms with van der Waals surface area (Å²) in [6.45, 7) is 0.236. The quantitative estimate of drug-likeness (QED) is 0.657. The van der Waals surface area contributed by atoms with E-state index in [1.54, 1.807) is 10.9 Å². The summed E-state index contributed by atoms with van der Waals surface area (Å²) in [6, 6.07) is 15.2. The number of hydrogen-bond donors (Lipinski definition) is 2. The first-order valence-electron chi connectivity index (χ1n) is 7.94. The number of carbonyl (C=O) groups excluding carboxylic acids is 1. The van der Waals surface area contributed by atoms with E-state index in [1.807, 2.05) is 36.5 Å². The number of para-hydroxylation sites is 1. The minimum atomic E-state index is -3.65. The predicted molar refractivity (Wildman–Crippen MR) is 97.4 cm³/mol. The van der Waals surface area contributed by atoms with Gasteiger partial charge in [-0.05, 0) is 48.4 Å². The van der Waals surface area contributed by atoms with Crippen molar-refractivity contribution < 1.29 is 13.2 Å². The molecule has 0 aliphatic carbocycles. The van der Waals surface area contributed by atoms with Crippen molar-refractivity contribution in [3.63, 3.8) is 0 Å². The van der Waals surface area contributed by atoms with E-state index in [0.717, 1.165) is 11.3 Å². The zero-order valence-corrected chi connectivity index (χ0v) is 14.7. The molecule has 0 saturated heterocycles. The number of nitrogens with two attached hydrogens (primary N) is 1. The maximum absolute atomic E-state index is 12.3. The topological polar surface area (TPSA) is 107 Å². The maximum Gasteiger partial charge on any atom is 0.248 e. The number of rotatable bonds is 7. The molecule has 1 amide bonds. The SMILES string of the molecule is NC(=O)c1ccc(S(=O)(=O)NCCc2cnn(-c3ccccc3)c2)cc1. The number of nitrogens with one attached hydrogen (secondary N) is 1. The molecule has 3 aromatic rings. The molecule has 8 heteroatoms. The van der Waals surface area contributed by atoms with E-state index in [2.05, 4.69) is 9.82 Å². The number of hydrogen-bond acceptors (Lipinski definition) is 4. The molecule has 0 saturated carbocycles. The van der Waals surface area contributed by atoms with Gasteiger partial charge >= 0.3 is 0 Å². The Morgan fingerprint density at radius 2 is 1.77 bits per heavy atom. The van der Waals surface area contributed by atoms with Crippen molar-refractivity contribution in [2.24, 2.45) is 5.73 Å². The summed E-state index contributed by atoms with van der Waals surface area (Å²) in [6.07, 6.45) is 4.08. The van der Waals surface area contributed by atoms with E-state index in [1.165, 1.54) is 24.3 Å². The zero-order valence-electron chi connectivity index (χ0n) is 13.9. The molecule has 0 bridgehead atoms. The highest BCUT2D eigenvalue weighted by molar-refractivity contribution is 7.89. The Morgan fingerprint density at radius 1 is 1.08 bits per heavy atom. The van der Waals surface area contributed by atoms with Gasteiger partial charge in [-0.2, -0.15) is 5.10 Å². The van der Waals surface area contributed by atoms with Crippen LogP contribution in [0, 0.1) is 0 Å². The van der Waals surface area contributed by atoms with Gasteiger partial charge in [0.25, 0.3) is 0 Å². The van der Waals surface area contributed by atoms with Crippen LogP contribution in [0.4, 0.5) is 0 Å². The number of nitrogens with zero attached hydrogens (tertiary/aromatic N) is 2. The third-order valence-corrected chi connectivity index (χ3v) is 5.29. The number of primary amides is 1. The van der Waals surface area contributed by atoms with Gasteiger partial charge in [-0.15, -0.1) is 0 Å². The molecule has 0 aliphatic rings. The Kier molecular flexibility index (Phi) is 5.15. The standard InChI is InChI=1S/C18H18N4O3S/c19-18(23)15-6-8-17(9-7-15)26(24,25)21-11-10-14-12-20-22(13-14)16-4-2-1-3-5-16/h1-9,12-13,21H,10-11H2,(H2,19,23). The van der Waals surface area contributed by atoms with Gasteiger partial charge in [0, 0.05) is 18.3 Å². The van der Waals surface area contributed by atoms with Crippen molar-refractivity contribution in [3.8, 4) is 5.69 Å². The Hall–Kier alpha value is -2.97. The van der Waals surface area contributed by atoms with E-state index in [9.17, 15) is 13.2 Å². The molecular weight excluding hydrogens is 352 g/mol. The van der Waals surface area contributed by atoms with Crippen molar-refractivity contribution in [1.29, 1.82) is 0 Å². The van der Waals surface area contributed by atoms with Crippen molar-refractivity contribution in [3.05, 3.63) is 78.1 Å². The molecule has 26 heavy (non-hydrogen) atoms. The van der Waals surface area contributed by atoms with Crippen molar-refractivity contribution >= 4 is 15.9 Å². The first-order chi connectivity index (χ1) is 12.5. The van der Waals surface area contributed by atoms with Crippen LogP contribution in [0.2, 0.25) is 0 Å². The predicted octanol–water partition coefficient (Wildman–Crippen LogP) is 1.49. The molecule has 134 valence electrons. The number of sulfonamides is 1. The van der Waals surface area contributed by atoms with Gasteiger partial charge in [-0.1, -0.05) is 18.2 Å². The Labute approximate surface area is 151 Å². The van der Waals surface area contributed by atoms with Gasteiger partial charge in [0.1, 0.15) is 0 Å². The van der Waals surface area contributed by atoms with E-state index < -0.39 is 15.9 Å². The number of amides is 1. The van der Waals surface area contributed by atoms with Crippen LogP contribution < -0.4 is 10.5 Å². The third kappa shape index (κ3) is 4.16. The highest BCUT2D eigenvalue weighted by Crippen LogP contribution is 2.11. The molecule has 0 aliphatic heterocycles. The summed E-state index contributed by atoms with van der Waals surface area (Å²) in [5.41, 5.74) is 7.27. The number of benzene rings is 2. The van der Waals surface area contributed by atoms with Gasteiger partial charge in [-0.3, -0.25) is 4.79 Å². The van der Waals surface area contributed by atoms with Crippen molar-refractivity contribution in [2.45, 2.75) is 11.3 Å². The van der Waals surface area contributed by atoms with Crippen LogP contribution in [0.3, 0.4) is 0 Å². The third-order valence-electron chi connectivity index (χ3n) is 3.81. The Morgan fingerprint density at radius 3 is 2.42 bits per heavy atom. The average Bonchev–Trinajstić information content (AvgIpc) is 3.11. The number of carbonyl (C=O) groups is 1. The van der Waals surface area contributed by atoms with Crippen LogP contribution in [0.25, 0.3) is 5.69 Å². The fraction of sp³-hybridized carbons (Fsp3) is 0.111. The van der Waals surface area contributed by atoms with Crippen LogP contribution in [0.1, 0.15) is 15.9 Å². The molecule has 1 heterocycles. The minimum absolute atomic E-state index is 0.0856. The van der Waals surface area contributed by atoms with Gasteiger partial charge in [0.2, 0.25) is 15.9 Å². The second-order valence-electron chi connectivity index (χ2n) is 5.67. The van der Waals surface area contributed by atoms with Gasteiger partial charge in [0.05, 0.1) is 16.8 Å². The first kappa shape index (κ1) is 17.8. The fourth-order valence-electron chi connectivity index (χ4n) is 2.42. The lowest BCUT2D eigenvalue weighted by atomic mass is 10.2. The van der Waals surface area contributed by atoms with Crippen molar-refractivity contribution in [2.75, 3.05) is 6.54 Å². The molecule has 0 spiro atoms. The lowest BCUT2D eigenvalue weighted by Crippen LogP contribution is -2.26. The van der Waals surface area contributed by atoms with Crippen LogP contribution in [-0.2, 0) is 16.4 Å². The summed E-state index contributed by atoms with van der Waals surface area (Å²) in [4.78, 5) is 11.1. The smallest absolute Gasteiger partial charge is 0.248 e. The minimum Gasteiger partial charge on any atom is -0.366 e. The Bertz CT molecular complexity index is 996. The van der Waals surface area contributed by atoms with Crippen molar-refractivity contribution in [1.82, 2.24) is 14.5 Å². The van der Waals surface area contributed by atoms with Gasteiger partial charge in [-0.25, -0.2) is 17.8 Å². The summed E-state index contributed by atoms with van der Waals surface area (Å²) in [5.74, 6) is -0.600. The van der Waals surface area contributed by atoms with E-state index in [0.29, 0.717) is 6.42 Å². The maximum atomic E-state index is 12.3. The van der Waals surface area contributed by atoms with E-state index >= 15 is 0 Å². The van der Waals surface area contributed by atoms with Crippen LogP contribution in [0.15, 0.2) is 71.9 Å². The second-order valence-corrected chi connectivity index (χ2v) is 7.43. The Balaban J connectivity index is 1.60. The van der Waals surface area contributed by atoms with E-state index in [-0.39, 0.29) is 17.0 Å². The molecular formula is C18H18N4O3S. The largest absolute Gasteiger partial charge is 0.366 e. The number of aromatic nitrogens is 2. The normalized spacial score (nSPS) is 11.4. The first-order valence-corrected chi connectivity index (χ1v) is 9.42. The molecule has 0 unspecified atom stereocenters. The molecule has 0 atom stereocenters. The molecule has 0 fully saturated rings. The molecule has 7 nitrogen and oxygen atoms in total.